The van der Waals surface area contributed by atoms with E-state index in [4.69, 9.17) is 9.47 Å². The summed E-state index contributed by atoms with van der Waals surface area (Å²) < 4.78 is 10.6. The lowest BCUT2D eigenvalue weighted by Gasteiger charge is -2.48. The Balaban J connectivity index is 1.79. The number of rotatable bonds is 7. The Labute approximate surface area is 183 Å². The van der Waals surface area contributed by atoms with E-state index in [1.54, 1.807) is 13.8 Å². The quantitative estimate of drug-likeness (QED) is 0.398. The lowest BCUT2D eigenvalue weighted by atomic mass is 9.75. The molecule has 164 valence electrons. The van der Waals surface area contributed by atoms with Crippen LogP contribution in [0.1, 0.15) is 58.6 Å². The molecule has 3 heterocycles. The van der Waals surface area contributed by atoms with Crippen molar-refractivity contribution in [3.05, 3.63) is 41.7 Å². The molecule has 1 atom stereocenters. The highest BCUT2D eigenvalue weighted by molar-refractivity contribution is 5.98. The number of nitrogens with zero attached hydrogens (tertiary/aromatic N) is 1. The van der Waals surface area contributed by atoms with E-state index < -0.39 is 17.9 Å². The normalized spacial score (nSPS) is 20.0. The molecule has 31 heavy (non-hydrogen) atoms. The summed E-state index contributed by atoms with van der Waals surface area (Å²) in [6, 6.07) is 8.31. The molecule has 0 amide bonds. The molecule has 2 aliphatic rings. The second-order valence-corrected chi connectivity index (χ2v) is 8.33. The molecule has 1 fully saturated rings. The third kappa shape index (κ3) is 3.70. The molecule has 1 unspecified atom stereocenters. The number of allylic oxidation sites excluding steroid dienone is 2. The number of piperidine rings is 1. The Morgan fingerprint density at radius 3 is 2.55 bits per heavy atom. The average molecular weight is 424 g/mol. The van der Waals surface area contributed by atoms with Gasteiger partial charge in [-0.2, -0.15) is 0 Å². The van der Waals surface area contributed by atoms with Crippen LogP contribution < -0.4 is 4.90 Å². The number of ether oxygens (including phenoxy) is 2. The Morgan fingerprint density at radius 2 is 1.87 bits per heavy atom. The maximum absolute atomic E-state index is 12.8. The molecule has 2 aliphatic heterocycles. The van der Waals surface area contributed by atoms with Gasteiger partial charge in [0, 0.05) is 17.3 Å². The summed E-state index contributed by atoms with van der Waals surface area (Å²) >= 11 is 0. The zero-order valence-electron chi connectivity index (χ0n) is 18.6. The van der Waals surface area contributed by atoms with Crippen LogP contribution in [-0.4, -0.2) is 35.7 Å². The highest BCUT2D eigenvalue weighted by Crippen LogP contribution is 2.49. The Bertz CT molecular complexity index is 990. The number of hydrogen-bond donors (Lipinski definition) is 1. The van der Waals surface area contributed by atoms with Gasteiger partial charge in [-0.3, -0.25) is 14.5 Å². The maximum atomic E-state index is 12.8. The maximum Gasteiger partial charge on any atom is 0.320 e. The van der Waals surface area contributed by atoms with Crippen LogP contribution in [0, 0.1) is 12.0 Å². The van der Waals surface area contributed by atoms with Crippen LogP contribution in [0.3, 0.4) is 0 Å². The molecular weight excluding hydrogens is 392 g/mol. The predicted molar refractivity (Wildman–Crippen MR) is 119 cm³/mol. The second-order valence-electron chi connectivity index (χ2n) is 8.33. The first-order chi connectivity index (χ1) is 15.0. The van der Waals surface area contributed by atoms with E-state index in [2.05, 4.69) is 41.1 Å². The number of aromatic nitrogens is 1. The Kier molecular flexibility index (Phi) is 6.01. The van der Waals surface area contributed by atoms with Gasteiger partial charge in [0.05, 0.1) is 30.1 Å². The standard InChI is InChI=1S/C25H31N2O4/c1-4-25(16-19(23(28)30-5-2)24(29)31-6-3)15-9-10-17-13-14-21-22(27(17)25)18-11-7-8-12-20(18)26-21/h7-8,11-12,19,26H,4-6,9-10,14-16H2,1-3H3/q+1. The molecule has 1 N–H and O–H groups in total. The van der Waals surface area contributed by atoms with E-state index in [9.17, 15) is 9.59 Å². The summed E-state index contributed by atoms with van der Waals surface area (Å²) in [4.78, 5) is 31.5. The molecule has 1 aromatic heterocycles. The van der Waals surface area contributed by atoms with Crippen LogP contribution in [0.15, 0.2) is 30.0 Å². The summed E-state index contributed by atoms with van der Waals surface area (Å²) in [5, 5.41) is 1.17. The van der Waals surface area contributed by atoms with E-state index in [1.165, 1.54) is 5.39 Å². The third-order valence-corrected chi connectivity index (χ3v) is 6.63. The van der Waals surface area contributed by atoms with E-state index in [1.807, 2.05) is 6.07 Å². The van der Waals surface area contributed by atoms with Gasteiger partial charge in [-0.25, -0.2) is 0 Å². The summed E-state index contributed by atoms with van der Waals surface area (Å²) in [5.41, 5.74) is 4.17. The number of hydrogen-bond acceptors (Lipinski definition) is 5. The van der Waals surface area contributed by atoms with Gasteiger partial charge in [0.1, 0.15) is 0 Å². The predicted octanol–water partition coefficient (Wildman–Crippen LogP) is 4.68. The number of carbonyl (C=O) groups is 2. The number of nitrogens with one attached hydrogen (secondary N) is 1. The van der Waals surface area contributed by atoms with Gasteiger partial charge in [0.2, 0.25) is 6.42 Å². The number of aromatic amines is 1. The van der Waals surface area contributed by atoms with Crippen LogP contribution in [0.25, 0.3) is 10.9 Å². The number of para-hydroxylation sites is 1. The number of esters is 2. The van der Waals surface area contributed by atoms with Crippen molar-refractivity contribution in [2.24, 2.45) is 5.92 Å². The van der Waals surface area contributed by atoms with Gasteiger partial charge in [-0.05, 0) is 45.6 Å². The molecule has 0 bridgehead atoms. The summed E-state index contributed by atoms with van der Waals surface area (Å²) in [5.74, 6) is -1.93. The first-order valence-electron chi connectivity index (χ1n) is 11.4. The first kappa shape index (κ1) is 21.4. The summed E-state index contributed by atoms with van der Waals surface area (Å²) in [7, 11) is 0. The van der Waals surface area contributed by atoms with Crippen LogP contribution in [-0.2, 0) is 25.5 Å². The molecule has 0 aliphatic carbocycles. The third-order valence-electron chi connectivity index (χ3n) is 6.63. The van der Waals surface area contributed by atoms with Crippen LogP contribution in [0.4, 0.5) is 5.69 Å². The van der Waals surface area contributed by atoms with Gasteiger partial charge in [0.15, 0.2) is 5.92 Å². The van der Waals surface area contributed by atoms with Crippen molar-refractivity contribution in [3.8, 4) is 0 Å². The molecule has 4 rings (SSSR count). The van der Waals surface area contributed by atoms with Crippen molar-refractivity contribution in [1.82, 2.24) is 4.98 Å². The van der Waals surface area contributed by atoms with Crippen molar-refractivity contribution in [1.29, 1.82) is 0 Å². The highest BCUT2D eigenvalue weighted by atomic mass is 16.6. The molecule has 2 aromatic rings. The topological polar surface area (TPSA) is 71.6 Å². The van der Waals surface area contributed by atoms with E-state index in [-0.39, 0.29) is 18.8 Å². The number of benzene rings is 1. The highest BCUT2D eigenvalue weighted by Gasteiger charge is 2.51. The largest absolute Gasteiger partial charge is 0.465 e. The first-order valence-corrected chi connectivity index (χ1v) is 11.4. The van der Waals surface area contributed by atoms with E-state index >= 15 is 0 Å². The fraction of sp³-hybridized carbons (Fsp3) is 0.520. The zero-order chi connectivity index (χ0) is 22.0. The lowest BCUT2D eigenvalue weighted by molar-refractivity contribution is -0.162. The number of anilines is 1. The zero-order valence-corrected chi connectivity index (χ0v) is 18.6. The van der Waals surface area contributed by atoms with Crippen molar-refractivity contribution < 1.29 is 19.1 Å². The van der Waals surface area contributed by atoms with Gasteiger partial charge >= 0.3 is 11.9 Å². The summed E-state index contributed by atoms with van der Waals surface area (Å²) in [6.45, 7) is 6.13. The fourth-order valence-corrected chi connectivity index (χ4v) is 5.19. The van der Waals surface area contributed by atoms with Crippen molar-refractivity contribution in [3.63, 3.8) is 0 Å². The molecule has 0 radical (unpaired) electrons. The smallest absolute Gasteiger partial charge is 0.320 e. The molecule has 1 saturated heterocycles. The SMILES string of the molecule is CCOC(=O)C(CC1(CC)CCCC2=[C+]Cc3[nH]c4ccccc4c3N21)C(=O)OCC. The van der Waals surface area contributed by atoms with E-state index in [0.29, 0.717) is 6.42 Å². The minimum Gasteiger partial charge on any atom is -0.465 e. The van der Waals surface area contributed by atoms with Crippen LogP contribution >= 0.6 is 0 Å². The summed E-state index contributed by atoms with van der Waals surface area (Å²) in [6.07, 6.45) is 8.34. The van der Waals surface area contributed by atoms with E-state index in [0.717, 1.165) is 54.7 Å². The minimum absolute atomic E-state index is 0.239. The Hall–Kier alpha value is -2.85. The molecule has 0 saturated carbocycles. The molecular formula is C25H31N2O4+. The second kappa shape index (κ2) is 8.72. The van der Waals surface area contributed by atoms with Crippen LogP contribution in [0.5, 0.6) is 0 Å². The number of carbonyl (C=O) groups excluding carboxylic acids is 2. The average Bonchev–Trinajstić information content (AvgIpc) is 3.16. The van der Waals surface area contributed by atoms with Crippen molar-refractivity contribution >= 4 is 28.5 Å². The monoisotopic (exact) mass is 423 g/mol. The van der Waals surface area contributed by atoms with Crippen LogP contribution in [0.2, 0.25) is 0 Å². The van der Waals surface area contributed by atoms with Gasteiger partial charge in [-0.15, -0.1) is 0 Å². The van der Waals surface area contributed by atoms with Crippen molar-refractivity contribution in [2.75, 3.05) is 18.1 Å². The van der Waals surface area contributed by atoms with Gasteiger partial charge in [0.25, 0.3) is 11.8 Å². The van der Waals surface area contributed by atoms with Gasteiger partial charge < -0.3 is 14.5 Å². The number of fused-ring (bicyclic) bond motifs is 5. The lowest BCUT2D eigenvalue weighted by Crippen LogP contribution is -2.54. The molecule has 1 aromatic carbocycles. The van der Waals surface area contributed by atoms with Gasteiger partial charge in [-0.1, -0.05) is 25.1 Å². The molecule has 0 spiro atoms. The number of H-pyrrole nitrogens is 1. The Morgan fingerprint density at radius 1 is 1.16 bits per heavy atom. The molecule has 6 nitrogen and oxygen atoms in total. The fourth-order valence-electron chi connectivity index (χ4n) is 5.19. The minimum atomic E-state index is -0.935. The van der Waals surface area contributed by atoms with Crippen molar-refractivity contribution in [2.45, 2.75) is 64.8 Å². The molecule has 6 heteroatoms.